The zero-order valence-corrected chi connectivity index (χ0v) is 10.8. The first-order chi connectivity index (χ1) is 8.66. The quantitative estimate of drug-likeness (QED) is 0.783. The topological polar surface area (TPSA) is 61.4 Å². The molecule has 1 heterocycles. The van der Waals surface area contributed by atoms with Gasteiger partial charge < -0.3 is 15.7 Å². The molecule has 1 fully saturated rings. The maximum atomic E-state index is 11.9. The number of hydrogen-bond acceptors (Lipinski definition) is 3. The fourth-order valence-corrected chi connectivity index (χ4v) is 2.32. The zero-order valence-electron chi connectivity index (χ0n) is 10.1. The fraction of sp³-hybridized carbons (Fsp3) is 0.462. The van der Waals surface area contributed by atoms with Crippen LogP contribution in [0.5, 0.6) is 5.75 Å². The van der Waals surface area contributed by atoms with Crippen molar-refractivity contribution >= 4 is 17.5 Å². The van der Waals surface area contributed by atoms with Gasteiger partial charge in [0.1, 0.15) is 5.75 Å². The number of carbonyl (C=O) groups excluding carboxylic acids is 1. The Morgan fingerprint density at radius 3 is 3.11 bits per heavy atom. The predicted octanol–water partition coefficient (Wildman–Crippen LogP) is 1.77. The zero-order chi connectivity index (χ0) is 13.0. The Morgan fingerprint density at radius 2 is 2.39 bits per heavy atom. The molecule has 98 valence electrons. The highest BCUT2D eigenvalue weighted by molar-refractivity contribution is 6.33. The summed E-state index contributed by atoms with van der Waals surface area (Å²) in [5.74, 6) is 0.282. The first-order valence-electron chi connectivity index (χ1n) is 6.14. The van der Waals surface area contributed by atoms with Crippen molar-refractivity contribution in [3.8, 4) is 5.75 Å². The van der Waals surface area contributed by atoms with E-state index in [0.717, 1.165) is 25.9 Å². The van der Waals surface area contributed by atoms with E-state index in [1.807, 2.05) is 0 Å². The highest BCUT2D eigenvalue weighted by Gasteiger charge is 2.16. The number of phenols is 1. The molecule has 0 radical (unpaired) electrons. The Balaban J connectivity index is 1.92. The lowest BCUT2D eigenvalue weighted by Gasteiger charge is -2.22. The first kappa shape index (κ1) is 13.2. The van der Waals surface area contributed by atoms with Crippen molar-refractivity contribution < 1.29 is 9.90 Å². The molecule has 1 aliphatic rings. The summed E-state index contributed by atoms with van der Waals surface area (Å²) in [5, 5.41) is 15.9. The molecule has 1 aromatic carbocycles. The van der Waals surface area contributed by atoms with E-state index >= 15 is 0 Å². The molecule has 5 heteroatoms. The normalized spacial score (nSPS) is 19.5. The maximum absolute atomic E-state index is 11.9. The fourth-order valence-electron chi connectivity index (χ4n) is 2.12. The number of nitrogens with one attached hydrogen (secondary N) is 2. The van der Waals surface area contributed by atoms with E-state index in [1.54, 1.807) is 0 Å². The molecule has 0 aliphatic carbocycles. The molecule has 1 amide bonds. The third-order valence-electron chi connectivity index (χ3n) is 3.14. The van der Waals surface area contributed by atoms with Gasteiger partial charge in [0.15, 0.2) is 0 Å². The van der Waals surface area contributed by atoms with Gasteiger partial charge in [-0.1, -0.05) is 11.6 Å². The standard InChI is InChI=1S/C13H17ClN2O2/c14-12-4-3-10(17)6-11(12)13(18)16-8-9-2-1-5-15-7-9/h3-4,6,9,15,17H,1-2,5,7-8H2,(H,16,18). The van der Waals surface area contributed by atoms with Crippen molar-refractivity contribution in [1.29, 1.82) is 0 Å². The molecule has 4 nitrogen and oxygen atoms in total. The molecule has 1 aromatic rings. The van der Waals surface area contributed by atoms with Gasteiger partial charge in [-0.25, -0.2) is 0 Å². The summed E-state index contributed by atoms with van der Waals surface area (Å²) in [7, 11) is 0. The van der Waals surface area contributed by atoms with E-state index in [4.69, 9.17) is 11.6 Å². The first-order valence-corrected chi connectivity index (χ1v) is 6.52. The van der Waals surface area contributed by atoms with Crippen LogP contribution in [0, 0.1) is 5.92 Å². The number of phenolic OH excluding ortho intramolecular Hbond substituents is 1. The number of halogens is 1. The second kappa shape index (κ2) is 6.07. The SMILES string of the molecule is O=C(NCC1CCCNC1)c1cc(O)ccc1Cl. The predicted molar refractivity (Wildman–Crippen MR) is 71.0 cm³/mol. The molecule has 2 rings (SSSR count). The van der Waals surface area contributed by atoms with Crippen molar-refractivity contribution in [3.05, 3.63) is 28.8 Å². The minimum atomic E-state index is -0.235. The maximum Gasteiger partial charge on any atom is 0.252 e. The molecule has 3 N–H and O–H groups in total. The summed E-state index contributed by atoms with van der Waals surface area (Å²) in [5.41, 5.74) is 0.320. The third-order valence-corrected chi connectivity index (χ3v) is 3.47. The van der Waals surface area contributed by atoms with Crippen LogP contribution < -0.4 is 10.6 Å². The summed E-state index contributed by atoms with van der Waals surface area (Å²) in [6.07, 6.45) is 2.27. The van der Waals surface area contributed by atoms with Gasteiger partial charge in [0.05, 0.1) is 10.6 Å². The van der Waals surface area contributed by atoms with E-state index in [2.05, 4.69) is 10.6 Å². The van der Waals surface area contributed by atoms with Crippen LogP contribution >= 0.6 is 11.6 Å². The molecule has 1 atom stereocenters. The van der Waals surface area contributed by atoms with Crippen LogP contribution in [0.25, 0.3) is 0 Å². The number of carbonyl (C=O) groups is 1. The Labute approximate surface area is 111 Å². The molecular formula is C13H17ClN2O2. The number of benzene rings is 1. The van der Waals surface area contributed by atoms with E-state index in [0.29, 0.717) is 23.0 Å². The third kappa shape index (κ3) is 3.37. The van der Waals surface area contributed by atoms with Crippen molar-refractivity contribution in [2.45, 2.75) is 12.8 Å². The number of rotatable bonds is 3. The number of amides is 1. The lowest BCUT2D eigenvalue weighted by atomic mass is 9.99. The van der Waals surface area contributed by atoms with Gasteiger partial charge in [0.25, 0.3) is 5.91 Å². The number of hydrogen-bond donors (Lipinski definition) is 3. The molecule has 1 saturated heterocycles. The van der Waals surface area contributed by atoms with E-state index in [1.165, 1.54) is 18.2 Å². The van der Waals surface area contributed by atoms with Gasteiger partial charge in [-0.05, 0) is 50.0 Å². The second-order valence-electron chi connectivity index (χ2n) is 4.59. The summed E-state index contributed by atoms with van der Waals surface area (Å²) in [6.45, 7) is 2.63. The van der Waals surface area contributed by atoms with Crippen LogP contribution in [0.4, 0.5) is 0 Å². The van der Waals surface area contributed by atoms with Crippen LogP contribution in [0.3, 0.4) is 0 Å². The summed E-state index contributed by atoms with van der Waals surface area (Å²) < 4.78 is 0. The van der Waals surface area contributed by atoms with Crippen LogP contribution in [0.1, 0.15) is 23.2 Å². The molecule has 0 saturated carbocycles. The van der Waals surface area contributed by atoms with Gasteiger partial charge in [0.2, 0.25) is 0 Å². The highest BCUT2D eigenvalue weighted by atomic mass is 35.5. The van der Waals surface area contributed by atoms with Crippen molar-refractivity contribution in [2.75, 3.05) is 19.6 Å². The number of piperidine rings is 1. The Bertz CT molecular complexity index is 431. The van der Waals surface area contributed by atoms with Crippen molar-refractivity contribution in [1.82, 2.24) is 10.6 Å². The molecule has 18 heavy (non-hydrogen) atoms. The minimum Gasteiger partial charge on any atom is -0.508 e. The number of aromatic hydroxyl groups is 1. The van der Waals surface area contributed by atoms with Gasteiger partial charge in [-0.15, -0.1) is 0 Å². The molecule has 1 unspecified atom stereocenters. The summed E-state index contributed by atoms with van der Waals surface area (Å²) in [4.78, 5) is 11.9. The van der Waals surface area contributed by atoms with Gasteiger partial charge in [0, 0.05) is 6.54 Å². The molecule has 0 bridgehead atoms. The minimum absolute atomic E-state index is 0.0453. The van der Waals surface area contributed by atoms with Gasteiger partial charge in [-0.2, -0.15) is 0 Å². The lowest BCUT2D eigenvalue weighted by Crippen LogP contribution is -2.38. The molecular weight excluding hydrogens is 252 g/mol. The molecule has 1 aliphatic heterocycles. The van der Waals surface area contributed by atoms with Crippen LogP contribution in [-0.4, -0.2) is 30.6 Å². The second-order valence-corrected chi connectivity index (χ2v) is 4.99. The van der Waals surface area contributed by atoms with Gasteiger partial charge in [-0.3, -0.25) is 4.79 Å². The Hall–Kier alpha value is -1.26. The van der Waals surface area contributed by atoms with Gasteiger partial charge >= 0.3 is 0 Å². The van der Waals surface area contributed by atoms with Crippen LogP contribution in [0.2, 0.25) is 5.02 Å². The Morgan fingerprint density at radius 1 is 1.56 bits per heavy atom. The summed E-state index contributed by atoms with van der Waals surface area (Å²) >= 11 is 5.93. The average molecular weight is 269 g/mol. The highest BCUT2D eigenvalue weighted by Crippen LogP contribution is 2.21. The van der Waals surface area contributed by atoms with Crippen LogP contribution in [-0.2, 0) is 0 Å². The smallest absolute Gasteiger partial charge is 0.252 e. The van der Waals surface area contributed by atoms with Crippen LogP contribution in [0.15, 0.2) is 18.2 Å². The summed E-state index contributed by atoms with van der Waals surface area (Å²) in [6, 6.07) is 4.37. The lowest BCUT2D eigenvalue weighted by molar-refractivity contribution is 0.0944. The van der Waals surface area contributed by atoms with E-state index in [9.17, 15) is 9.90 Å². The van der Waals surface area contributed by atoms with Crippen molar-refractivity contribution in [2.24, 2.45) is 5.92 Å². The van der Waals surface area contributed by atoms with E-state index < -0.39 is 0 Å². The average Bonchev–Trinajstić information content (AvgIpc) is 2.40. The Kier molecular flexibility index (Phi) is 4.44. The molecule has 0 spiro atoms. The van der Waals surface area contributed by atoms with E-state index in [-0.39, 0.29) is 11.7 Å². The monoisotopic (exact) mass is 268 g/mol. The molecule has 0 aromatic heterocycles. The van der Waals surface area contributed by atoms with Crippen molar-refractivity contribution in [3.63, 3.8) is 0 Å². The largest absolute Gasteiger partial charge is 0.508 e.